The van der Waals surface area contributed by atoms with E-state index in [0.29, 0.717) is 6.54 Å². The van der Waals surface area contributed by atoms with Crippen LogP contribution in [0.2, 0.25) is 0 Å². The number of hydrogen-bond acceptors (Lipinski definition) is 1. The summed E-state index contributed by atoms with van der Waals surface area (Å²) in [4.78, 5) is 0. The molecule has 1 aromatic heterocycles. The second-order valence-electron chi connectivity index (χ2n) is 4.88. The molecule has 0 saturated heterocycles. The Bertz CT molecular complexity index is 825. The van der Waals surface area contributed by atoms with Crippen molar-refractivity contribution in [1.82, 2.24) is 4.57 Å². The fourth-order valence-corrected chi connectivity index (χ4v) is 2.47. The first-order valence-corrected chi connectivity index (χ1v) is 6.42. The smallest absolute Gasteiger partial charge is 0.140 e. The van der Waals surface area contributed by atoms with Crippen molar-refractivity contribution in [3.05, 3.63) is 71.2 Å². The van der Waals surface area contributed by atoms with Crippen molar-refractivity contribution in [1.29, 1.82) is 5.26 Å². The van der Waals surface area contributed by atoms with E-state index in [4.69, 9.17) is 5.26 Å². The highest BCUT2D eigenvalue weighted by molar-refractivity contribution is 5.83. The Morgan fingerprint density at radius 1 is 1.20 bits per heavy atom. The van der Waals surface area contributed by atoms with Crippen molar-refractivity contribution >= 4 is 10.9 Å². The molecule has 0 atom stereocenters. The van der Waals surface area contributed by atoms with E-state index in [1.807, 2.05) is 18.3 Å². The van der Waals surface area contributed by atoms with Crippen LogP contribution in [0, 0.1) is 24.1 Å². The summed E-state index contributed by atoms with van der Waals surface area (Å²) in [6.07, 6.45) is 2.02. The lowest BCUT2D eigenvalue weighted by Crippen LogP contribution is -1.99. The predicted octanol–water partition coefficient (Wildman–Crippen LogP) is 4.01. The van der Waals surface area contributed by atoms with Gasteiger partial charge in [-0.1, -0.05) is 18.2 Å². The standard InChI is InChI=1S/C17H13FN2/c1-12-3-2-4-17-15(12)7-8-20(17)11-13-5-6-16(18)14(9-13)10-19/h2-9H,11H2,1H3. The summed E-state index contributed by atoms with van der Waals surface area (Å²) in [5, 5.41) is 10.1. The van der Waals surface area contributed by atoms with Gasteiger partial charge in [0.15, 0.2) is 0 Å². The highest BCUT2D eigenvalue weighted by atomic mass is 19.1. The molecule has 2 nitrogen and oxygen atoms in total. The first kappa shape index (κ1) is 12.4. The topological polar surface area (TPSA) is 28.7 Å². The molecule has 0 saturated carbocycles. The van der Waals surface area contributed by atoms with Crippen LogP contribution >= 0.6 is 0 Å². The highest BCUT2D eigenvalue weighted by Gasteiger charge is 2.06. The molecule has 0 aliphatic heterocycles. The Morgan fingerprint density at radius 2 is 2.05 bits per heavy atom. The molecule has 0 radical (unpaired) electrons. The van der Waals surface area contributed by atoms with Crippen LogP contribution in [0.15, 0.2) is 48.7 Å². The van der Waals surface area contributed by atoms with Gasteiger partial charge in [0, 0.05) is 23.6 Å². The van der Waals surface area contributed by atoms with Crippen LogP contribution in [0.25, 0.3) is 10.9 Å². The molecule has 2 aromatic carbocycles. The van der Waals surface area contributed by atoms with E-state index in [-0.39, 0.29) is 5.56 Å². The van der Waals surface area contributed by atoms with Gasteiger partial charge in [-0.2, -0.15) is 5.26 Å². The SMILES string of the molecule is Cc1cccc2c1ccn2Cc1ccc(F)c(C#N)c1. The Balaban J connectivity index is 2.02. The van der Waals surface area contributed by atoms with Crippen LogP contribution < -0.4 is 0 Å². The number of benzene rings is 2. The van der Waals surface area contributed by atoms with E-state index >= 15 is 0 Å². The summed E-state index contributed by atoms with van der Waals surface area (Å²) in [5.74, 6) is -0.468. The van der Waals surface area contributed by atoms with Gasteiger partial charge in [0.25, 0.3) is 0 Å². The quantitative estimate of drug-likeness (QED) is 0.687. The number of fused-ring (bicyclic) bond motifs is 1. The van der Waals surface area contributed by atoms with Crippen molar-refractivity contribution in [3.8, 4) is 6.07 Å². The molecular formula is C17H13FN2. The maximum Gasteiger partial charge on any atom is 0.140 e. The highest BCUT2D eigenvalue weighted by Crippen LogP contribution is 2.21. The van der Waals surface area contributed by atoms with E-state index in [9.17, 15) is 4.39 Å². The summed E-state index contributed by atoms with van der Waals surface area (Å²) in [7, 11) is 0. The minimum absolute atomic E-state index is 0.0927. The van der Waals surface area contributed by atoms with Crippen LogP contribution in [0.3, 0.4) is 0 Å². The van der Waals surface area contributed by atoms with E-state index < -0.39 is 5.82 Å². The minimum atomic E-state index is -0.468. The molecule has 0 bridgehead atoms. The van der Waals surface area contributed by atoms with Crippen LogP contribution in [-0.2, 0) is 6.54 Å². The van der Waals surface area contributed by atoms with Gasteiger partial charge in [-0.3, -0.25) is 0 Å². The zero-order valence-electron chi connectivity index (χ0n) is 11.1. The minimum Gasteiger partial charge on any atom is -0.343 e. The average molecular weight is 264 g/mol. The molecule has 3 aromatic rings. The first-order chi connectivity index (χ1) is 9.69. The monoisotopic (exact) mass is 264 g/mol. The third kappa shape index (κ3) is 2.06. The molecule has 0 amide bonds. The van der Waals surface area contributed by atoms with Gasteiger partial charge in [-0.05, 0) is 42.3 Å². The Kier molecular flexibility index (Phi) is 3.00. The van der Waals surface area contributed by atoms with Gasteiger partial charge >= 0.3 is 0 Å². The molecular weight excluding hydrogens is 251 g/mol. The summed E-state index contributed by atoms with van der Waals surface area (Å²) in [6.45, 7) is 2.71. The number of aryl methyl sites for hydroxylation is 1. The van der Waals surface area contributed by atoms with Crippen LogP contribution in [-0.4, -0.2) is 4.57 Å². The molecule has 0 N–H and O–H groups in total. The second kappa shape index (κ2) is 4.82. The van der Waals surface area contributed by atoms with Crippen molar-refractivity contribution in [2.75, 3.05) is 0 Å². The largest absolute Gasteiger partial charge is 0.343 e. The van der Waals surface area contributed by atoms with Gasteiger partial charge < -0.3 is 4.57 Å². The first-order valence-electron chi connectivity index (χ1n) is 6.42. The number of hydrogen-bond donors (Lipinski definition) is 0. The zero-order valence-corrected chi connectivity index (χ0v) is 11.1. The lowest BCUT2D eigenvalue weighted by molar-refractivity contribution is 0.622. The lowest BCUT2D eigenvalue weighted by atomic mass is 10.1. The second-order valence-corrected chi connectivity index (χ2v) is 4.88. The molecule has 0 aliphatic rings. The fourth-order valence-electron chi connectivity index (χ4n) is 2.47. The van der Waals surface area contributed by atoms with Gasteiger partial charge in [0.2, 0.25) is 0 Å². The Hall–Kier alpha value is -2.60. The Morgan fingerprint density at radius 3 is 2.85 bits per heavy atom. The third-order valence-electron chi connectivity index (χ3n) is 3.54. The Labute approximate surface area is 116 Å². The van der Waals surface area contributed by atoms with Crippen LogP contribution in [0.1, 0.15) is 16.7 Å². The third-order valence-corrected chi connectivity index (χ3v) is 3.54. The number of nitriles is 1. The average Bonchev–Trinajstić information content (AvgIpc) is 2.86. The summed E-state index contributed by atoms with van der Waals surface area (Å²) in [6, 6.07) is 14.8. The summed E-state index contributed by atoms with van der Waals surface area (Å²) in [5.41, 5.74) is 3.39. The summed E-state index contributed by atoms with van der Waals surface area (Å²) < 4.78 is 15.4. The van der Waals surface area contributed by atoms with Crippen molar-refractivity contribution in [2.24, 2.45) is 0 Å². The van der Waals surface area contributed by atoms with E-state index in [1.165, 1.54) is 17.0 Å². The molecule has 3 heteroatoms. The van der Waals surface area contributed by atoms with Crippen LogP contribution in [0.5, 0.6) is 0 Å². The molecule has 0 aliphatic carbocycles. The number of rotatable bonds is 2. The molecule has 3 rings (SSSR count). The normalized spacial score (nSPS) is 10.7. The van der Waals surface area contributed by atoms with Gasteiger partial charge in [-0.15, -0.1) is 0 Å². The van der Waals surface area contributed by atoms with E-state index in [1.54, 1.807) is 12.1 Å². The molecule has 98 valence electrons. The molecule has 1 heterocycles. The maximum atomic E-state index is 13.3. The number of aromatic nitrogens is 1. The number of halogens is 1. The molecule has 0 unspecified atom stereocenters. The maximum absolute atomic E-state index is 13.3. The molecule has 20 heavy (non-hydrogen) atoms. The summed E-state index contributed by atoms with van der Waals surface area (Å²) >= 11 is 0. The lowest BCUT2D eigenvalue weighted by Gasteiger charge is -2.07. The van der Waals surface area contributed by atoms with E-state index in [0.717, 1.165) is 11.1 Å². The van der Waals surface area contributed by atoms with Gasteiger partial charge in [-0.25, -0.2) is 4.39 Å². The van der Waals surface area contributed by atoms with Gasteiger partial charge in [0.05, 0.1) is 5.56 Å². The molecule has 0 fully saturated rings. The molecule has 0 spiro atoms. The predicted molar refractivity (Wildman–Crippen MR) is 76.9 cm³/mol. The number of nitrogens with zero attached hydrogens (tertiary/aromatic N) is 2. The van der Waals surface area contributed by atoms with E-state index in [2.05, 4.69) is 29.7 Å². The fraction of sp³-hybridized carbons (Fsp3) is 0.118. The van der Waals surface area contributed by atoms with Gasteiger partial charge in [0.1, 0.15) is 11.9 Å². The van der Waals surface area contributed by atoms with Crippen molar-refractivity contribution in [3.63, 3.8) is 0 Å². The zero-order chi connectivity index (χ0) is 14.1. The van der Waals surface area contributed by atoms with Crippen LogP contribution in [0.4, 0.5) is 4.39 Å². The van der Waals surface area contributed by atoms with Crippen molar-refractivity contribution in [2.45, 2.75) is 13.5 Å². The van der Waals surface area contributed by atoms with Crippen molar-refractivity contribution < 1.29 is 4.39 Å².